The van der Waals surface area contributed by atoms with E-state index in [1.54, 1.807) is 41.8 Å². The zero-order valence-corrected chi connectivity index (χ0v) is 15.5. The van der Waals surface area contributed by atoms with Gasteiger partial charge in [-0.25, -0.2) is 9.97 Å². The highest BCUT2D eigenvalue weighted by atomic mass is 16.2. The molecule has 1 aliphatic rings. The molecule has 0 aliphatic carbocycles. The van der Waals surface area contributed by atoms with Crippen molar-refractivity contribution in [2.75, 3.05) is 13.1 Å². The van der Waals surface area contributed by atoms with Crippen molar-refractivity contribution < 1.29 is 4.79 Å². The van der Waals surface area contributed by atoms with Gasteiger partial charge in [-0.15, -0.1) is 0 Å². The van der Waals surface area contributed by atoms with Gasteiger partial charge in [-0.2, -0.15) is 0 Å². The topological polar surface area (TPSA) is 105 Å². The maximum atomic E-state index is 12.7. The number of aryl methyl sites for hydroxylation is 1. The van der Waals surface area contributed by atoms with E-state index in [0.29, 0.717) is 35.9 Å². The fourth-order valence-corrected chi connectivity index (χ4v) is 3.40. The Morgan fingerprint density at radius 2 is 2.14 bits per heavy atom. The number of rotatable bonds is 3. The van der Waals surface area contributed by atoms with Gasteiger partial charge < -0.3 is 9.88 Å². The fraction of sp³-hybridized carbons (Fsp3) is 0.300. The summed E-state index contributed by atoms with van der Waals surface area (Å²) in [4.78, 5) is 46.6. The maximum Gasteiger partial charge on any atom is 0.255 e. The highest BCUT2D eigenvalue weighted by Crippen LogP contribution is 2.26. The van der Waals surface area contributed by atoms with Crippen molar-refractivity contribution in [3.63, 3.8) is 0 Å². The van der Waals surface area contributed by atoms with Crippen LogP contribution in [0.1, 0.15) is 40.5 Å². The summed E-state index contributed by atoms with van der Waals surface area (Å²) in [5.41, 5.74) is 2.31. The molecule has 1 saturated heterocycles. The van der Waals surface area contributed by atoms with Crippen LogP contribution in [0.2, 0.25) is 0 Å². The first-order valence-electron chi connectivity index (χ1n) is 9.20. The van der Waals surface area contributed by atoms with Gasteiger partial charge in [-0.05, 0) is 31.9 Å². The quantitative estimate of drug-likeness (QED) is 0.749. The fourth-order valence-electron chi connectivity index (χ4n) is 3.40. The average molecular weight is 376 g/mol. The molecule has 0 bridgehead atoms. The lowest BCUT2D eigenvalue weighted by Gasteiger charge is -2.32. The van der Waals surface area contributed by atoms with Crippen LogP contribution in [-0.4, -0.2) is 48.8 Å². The van der Waals surface area contributed by atoms with E-state index in [2.05, 4.69) is 24.9 Å². The van der Waals surface area contributed by atoms with Gasteiger partial charge in [0.15, 0.2) is 5.82 Å². The van der Waals surface area contributed by atoms with E-state index in [1.807, 2.05) is 6.92 Å². The molecule has 4 rings (SSSR count). The summed E-state index contributed by atoms with van der Waals surface area (Å²) < 4.78 is 0. The third-order valence-corrected chi connectivity index (χ3v) is 4.82. The number of aromatic nitrogens is 5. The van der Waals surface area contributed by atoms with E-state index in [-0.39, 0.29) is 17.4 Å². The standard InChI is InChI=1S/C20H20N6O2/c1-13-9-23-17(11-22-13)19-24-16(8-18(27)25-19)15-5-3-7-26(12-15)20(28)14-4-2-6-21-10-14/h2,4,6,8-11,15H,3,5,7,12H2,1H3,(H,24,25,27). The minimum atomic E-state index is -0.238. The van der Waals surface area contributed by atoms with Crippen molar-refractivity contribution in [1.29, 1.82) is 0 Å². The van der Waals surface area contributed by atoms with Crippen LogP contribution in [0.15, 0.2) is 47.8 Å². The molecule has 1 unspecified atom stereocenters. The number of H-pyrrole nitrogens is 1. The van der Waals surface area contributed by atoms with Crippen LogP contribution < -0.4 is 5.56 Å². The molecule has 8 nitrogen and oxygen atoms in total. The van der Waals surface area contributed by atoms with Crippen molar-refractivity contribution in [2.24, 2.45) is 0 Å². The van der Waals surface area contributed by atoms with Crippen LogP contribution in [-0.2, 0) is 0 Å². The van der Waals surface area contributed by atoms with Gasteiger partial charge in [0.25, 0.3) is 11.5 Å². The number of pyridine rings is 1. The van der Waals surface area contributed by atoms with E-state index in [4.69, 9.17) is 0 Å². The van der Waals surface area contributed by atoms with Gasteiger partial charge in [0.2, 0.25) is 0 Å². The number of piperidine rings is 1. The van der Waals surface area contributed by atoms with Crippen molar-refractivity contribution in [2.45, 2.75) is 25.7 Å². The van der Waals surface area contributed by atoms with Gasteiger partial charge in [-0.3, -0.25) is 19.6 Å². The number of amides is 1. The molecule has 1 N–H and O–H groups in total. The number of likely N-dealkylation sites (tertiary alicyclic amines) is 1. The first kappa shape index (κ1) is 18.0. The second kappa shape index (κ2) is 7.67. The molecule has 4 heterocycles. The van der Waals surface area contributed by atoms with E-state index < -0.39 is 0 Å². The number of carbonyl (C=O) groups excluding carboxylic acids is 1. The third-order valence-electron chi connectivity index (χ3n) is 4.82. The minimum Gasteiger partial charge on any atom is -0.338 e. The molecule has 3 aromatic heterocycles. The molecule has 0 spiro atoms. The number of hydrogen-bond acceptors (Lipinski definition) is 6. The second-order valence-corrected chi connectivity index (χ2v) is 6.89. The first-order chi connectivity index (χ1) is 13.6. The molecule has 28 heavy (non-hydrogen) atoms. The summed E-state index contributed by atoms with van der Waals surface area (Å²) in [6.07, 6.45) is 8.17. The molecular weight excluding hydrogens is 356 g/mol. The zero-order chi connectivity index (χ0) is 19.5. The molecule has 0 saturated carbocycles. The lowest BCUT2D eigenvalue weighted by molar-refractivity contribution is 0.0705. The Morgan fingerprint density at radius 1 is 1.25 bits per heavy atom. The van der Waals surface area contributed by atoms with Crippen molar-refractivity contribution >= 4 is 5.91 Å². The first-order valence-corrected chi connectivity index (χ1v) is 9.20. The molecule has 1 fully saturated rings. The Labute approximate surface area is 161 Å². The number of nitrogens with zero attached hydrogens (tertiary/aromatic N) is 5. The average Bonchev–Trinajstić information content (AvgIpc) is 2.74. The Hall–Kier alpha value is -3.42. The van der Waals surface area contributed by atoms with Crippen LogP contribution in [0.5, 0.6) is 0 Å². The van der Waals surface area contributed by atoms with Crippen molar-refractivity contribution in [3.8, 4) is 11.5 Å². The number of aromatic amines is 1. The lowest BCUT2D eigenvalue weighted by atomic mass is 9.94. The summed E-state index contributed by atoms with van der Waals surface area (Å²) in [6.45, 7) is 3.05. The van der Waals surface area contributed by atoms with E-state index in [0.717, 1.165) is 18.5 Å². The van der Waals surface area contributed by atoms with Gasteiger partial charge in [0, 0.05) is 43.7 Å². The Balaban J connectivity index is 1.59. The predicted octanol–water partition coefficient (Wildman–Crippen LogP) is 1.95. The molecule has 1 atom stereocenters. The van der Waals surface area contributed by atoms with Gasteiger partial charge in [-0.1, -0.05) is 0 Å². The van der Waals surface area contributed by atoms with Gasteiger partial charge >= 0.3 is 0 Å². The van der Waals surface area contributed by atoms with E-state index >= 15 is 0 Å². The summed E-state index contributed by atoms with van der Waals surface area (Å²) in [7, 11) is 0. The normalized spacial score (nSPS) is 16.8. The highest BCUT2D eigenvalue weighted by Gasteiger charge is 2.27. The lowest BCUT2D eigenvalue weighted by Crippen LogP contribution is -2.39. The van der Waals surface area contributed by atoms with Crippen LogP contribution >= 0.6 is 0 Å². The van der Waals surface area contributed by atoms with Crippen LogP contribution in [0.25, 0.3) is 11.5 Å². The summed E-state index contributed by atoms with van der Waals surface area (Å²) in [6, 6.07) is 5.02. The minimum absolute atomic E-state index is 0.00571. The smallest absolute Gasteiger partial charge is 0.255 e. The Bertz CT molecular complexity index is 1030. The SMILES string of the molecule is Cc1cnc(-c2nc(C3CCCN(C(=O)c4cccnc4)C3)cc(=O)[nH]2)cn1. The molecule has 0 aromatic carbocycles. The highest BCUT2D eigenvalue weighted by molar-refractivity contribution is 5.94. The van der Waals surface area contributed by atoms with Crippen molar-refractivity contribution in [3.05, 3.63) is 70.3 Å². The monoisotopic (exact) mass is 376 g/mol. The molecule has 142 valence electrons. The zero-order valence-electron chi connectivity index (χ0n) is 15.5. The Kier molecular flexibility index (Phi) is 4.92. The molecule has 1 aliphatic heterocycles. The largest absolute Gasteiger partial charge is 0.338 e. The van der Waals surface area contributed by atoms with Gasteiger partial charge in [0.05, 0.1) is 23.1 Å². The summed E-state index contributed by atoms with van der Waals surface area (Å²) in [5.74, 6) is 0.340. The molecule has 0 radical (unpaired) electrons. The van der Waals surface area contributed by atoms with Crippen molar-refractivity contribution in [1.82, 2.24) is 29.8 Å². The third kappa shape index (κ3) is 3.80. The van der Waals surface area contributed by atoms with E-state index in [1.165, 1.54) is 6.07 Å². The second-order valence-electron chi connectivity index (χ2n) is 6.89. The maximum absolute atomic E-state index is 12.7. The molecule has 1 amide bonds. The van der Waals surface area contributed by atoms with Crippen LogP contribution in [0, 0.1) is 6.92 Å². The summed E-state index contributed by atoms with van der Waals surface area (Å²) >= 11 is 0. The Morgan fingerprint density at radius 3 is 2.89 bits per heavy atom. The van der Waals surface area contributed by atoms with Crippen LogP contribution in [0.3, 0.4) is 0 Å². The number of nitrogens with one attached hydrogen (secondary N) is 1. The number of carbonyl (C=O) groups is 1. The summed E-state index contributed by atoms with van der Waals surface area (Å²) in [5, 5.41) is 0. The van der Waals surface area contributed by atoms with Crippen LogP contribution in [0.4, 0.5) is 0 Å². The molecular formula is C20H20N6O2. The number of hydrogen-bond donors (Lipinski definition) is 1. The van der Waals surface area contributed by atoms with Gasteiger partial charge in [0.1, 0.15) is 5.69 Å². The molecule has 3 aromatic rings. The molecule has 8 heteroatoms. The predicted molar refractivity (Wildman–Crippen MR) is 103 cm³/mol. The van der Waals surface area contributed by atoms with E-state index in [9.17, 15) is 9.59 Å².